The highest BCUT2D eigenvalue weighted by atomic mass is 16.2. The van der Waals surface area contributed by atoms with Gasteiger partial charge < -0.3 is 10.2 Å². The predicted octanol–water partition coefficient (Wildman–Crippen LogP) is 2.86. The maximum absolute atomic E-state index is 13.1. The first-order valence-corrected chi connectivity index (χ1v) is 10.5. The molecule has 1 atom stereocenters. The molecular formula is C23H28N4O2. The van der Waals surface area contributed by atoms with E-state index in [0.29, 0.717) is 25.2 Å². The number of likely N-dealkylation sites (tertiary alicyclic amines) is 1. The molecule has 1 unspecified atom stereocenters. The Morgan fingerprint density at radius 1 is 1.00 bits per heavy atom. The summed E-state index contributed by atoms with van der Waals surface area (Å²) in [5.74, 6) is -0.0403. The fourth-order valence-corrected chi connectivity index (χ4v) is 4.93. The molecule has 29 heavy (non-hydrogen) atoms. The van der Waals surface area contributed by atoms with Gasteiger partial charge in [0.15, 0.2) is 0 Å². The summed E-state index contributed by atoms with van der Waals surface area (Å²) >= 11 is 0. The van der Waals surface area contributed by atoms with Crippen LogP contribution in [-0.2, 0) is 11.2 Å². The maximum atomic E-state index is 13.1. The topological polar surface area (TPSA) is 75.2 Å². The van der Waals surface area contributed by atoms with Crippen molar-refractivity contribution >= 4 is 11.8 Å². The molecule has 2 aromatic heterocycles. The van der Waals surface area contributed by atoms with Gasteiger partial charge in [0.1, 0.15) is 0 Å². The molecule has 1 saturated heterocycles. The molecule has 1 saturated carbocycles. The number of amides is 2. The predicted molar refractivity (Wildman–Crippen MR) is 110 cm³/mol. The lowest BCUT2D eigenvalue weighted by atomic mass is 9.67. The van der Waals surface area contributed by atoms with E-state index in [4.69, 9.17) is 0 Å². The Morgan fingerprint density at radius 3 is 2.34 bits per heavy atom. The Hall–Kier alpha value is -2.76. The highest BCUT2D eigenvalue weighted by Crippen LogP contribution is 2.47. The molecule has 0 aromatic carbocycles. The molecule has 1 N–H and O–H groups in total. The Kier molecular flexibility index (Phi) is 5.88. The van der Waals surface area contributed by atoms with Gasteiger partial charge in [0.25, 0.3) is 5.91 Å². The Morgan fingerprint density at radius 2 is 1.66 bits per heavy atom. The van der Waals surface area contributed by atoms with Gasteiger partial charge in [-0.25, -0.2) is 0 Å². The second-order valence-electron chi connectivity index (χ2n) is 8.29. The van der Waals surface area contributed by atoms with Crippen molar-refractivity contribution in [2.24, 2.45) is 11.3 Å². The van der Waals surface area contributed by atoms with Gasteiger partial charge >= 0.3 is 0 Å². The van der Waals surface area contributed by atoms with Gasteiger partial charge in [0.05, 0.1) is 5.92 Å². The van der Waals surface area contributed by atoms with E-state index in [9.17, 15) is 9.59 Å². The average molecular weight is 393 g/mol. The van der Waals surface area contributed by atoms with Crippen LogP contribution >= 0.6 is 0 Å². The number of nitrogens with one attached hydrogen (secondary N) is 1. The van der Waals surface area contributed by atoms with Crippen molar-refractivity contribution in [2.45, 2.75) is 38.5 Å². The summed E-state index contributed by atoms with van der Waals surface area (Å²) in [4.78, 5) is 36.1. The van der Waals surface area contributed by atoms with Gasteiger partial charge in [0, 0.05) is 55.4 Å². The highest BCUT2D eigenvalue weighted by molar-refractivity contribution is 5.95. The van der Waals surface area contributed by atoms with Crippen LogP contribution in [0.4, 0.5) is 0 Å². The smallest absolute Gasteiger partial charge is 0.254 e. The first-order chi connectivity index (χ1) is 14.2. The first kappa shape index (κ1) is 19.6. The van der Waals surface area contributed by atoms with E-state index in [1.807, 2.05) is 17.0 Å². The van der Waals surface area contributed by atoms with Crippen molar-refractivity contribution in [2.75, 3.05) is 19.6 Å². The van der Waals surface area contributed by atoms with Gasteiger partial charge in [0.2, 0.25) is 5.91 Å². The van der Waals surface area contributed by atoms with E-state index < -0.39 is 0 Å². The van der Waals surface area contributed by atoms with Crippen LogP contribution in [0.15, 0.2) is 49.1 Å². The number of pyridine rings is 2. The molecule has 1 aliphatic heterocycles. The molecule has 1 aliphatic carbocycles. The van der Waals surface area contributed by atoms with Crippen molar-refractivity contribution in [3.63, 3.8) is 0 Å². The monoisotopic (exact) mass is 392 g/mol. The Labute approximate surface area is 171 Å². The molecule has 0 bridgehead atoms. The van der Waals surface area contributed by atoms with Crippen LogP contribution < -0.4 is 5.32 Å². The minimum Gasteiger partial charge on any atom is -0.355 e. The van der Waals surface area contributed by atoms with E-state index in [1.54, 1.807) is 36.9 Å². The standard InChI is InChI=1S/C23H28N4O2/c28-21(26-15-6-18-4-11-24-12-5-18)20-16-27(17-23(20)9-2-1-3-10-23)22(29)19-7-13-25-14-8-19/h4-5,7-8,11-14,20H,1-3,6,9-10,15-17H2,(H,26,28). The fraction of sp³-hybridized carbons (Fsp3) is 0.478. The average Bonchev–Trinajstić information content (AvgIpc) is 3.13. The minimum absolute atomic E-state index is 0.00411. The van der Waals surface area contributed by atoms with E-state index in [0.717, 1.165) is 37.7 Å². The molecule has 2 aliphatic rings. The molecule has 2 amide bonds. The molecular weight excluding hydrogens is 364 g/mol. The molecule has 0 radical (unpaired) electrons. The van der Waals surface area contributed by atoms with E-state index in [1.165, 1.54) is 6.42 Å². The van der Waals surface area contributed by atoms with Gasteiger partial charge in [-0.15, -0.1) is 0 Å². The molecule has 2 aromatic rings. The summed E-state index contributed by atoms with van der Waals surface area (Å²) in [5.41, 5.74) is 1.72. The molecule has 6 nitrogen and oxygen atoms in total. The number of aromatic nitrogens is 2. The second-order valence-corrected chi connectivity index (χ2v) is 8.29. The highest BCUT2D eigenvalue weighted by Gasteiger charge is 2.51. The zero-order chi connectivity index (χ0) is 20.1. The number of nitrogens with zero attached hydrogens (tertiary/aromatic N) is 3. The maximum Gasteiger partial charge on any atom is 0.254 e. The van der Waals surface area contributed by atoms with Crippen LogP contribution in [0.25, 0.3) is 0 Å². The zero-order valence-electron chi connectivity index (χ0n) is 16.7. The minimum atomic E-state index is -0.133. The van der Waals surface area contributed by atoms with Gasteiger partial charge in [-0.05, 0) is 49.1 Å². The summed E-state index contributed by atoms with van der Waals surface area (Å²) in [6, 6.07) is 7.44. The lowest BCUT2D eigenvalue weighted by Gasteiger charge is -2.37. The molecule has 152 valence electrons. The van der Waals surface area contributed by atoms with Gasteiger partial charge in [-0.1, -0.05) is 19.3 Å². The normalized spacial score (nSPS) is 20.6. The molecule has 2 fully saturated rings. The molecule has 6 heteroatoms. The quantitative estimate of drug-likeness (QED) is 0.849. The van der Waals surface area contributed by atoms with Crippen molar-refractivity contribution in [3.05, 3.63) is 60.2 Å². The van der Waals surface area contributed by atoms with Crippen LogP contribution in [0, 0.1) is 11.3 Å². The first-order valence-electron chi connectivity index (χ1n) is 10.5. The van der Waals surface area contributed by atoms with Crippen LogP contribution in [0.5, 0.6) is 0 Å². The lowest BCUT2D eigenvalue weighted by molar-refractivity contribution is -0.128. The van der Waals surface area contributed by atoms with E-state index in [2.05, 4.69) is 15.3 Å². The van der Waals surface area contributed by atoms with Crippen molar-refractivity contribution < 1.29 is 9.59 Å². The summed E-state index contributed by atoms with van der Waals surface area (Å²) in [5, 5.41) is 3.14. The summed E-state index contributed by atoms with van der Waals surface area (Å²) in [7, 11) is 0. The van der Waals surface area contributed by atoms with Gasteiger partial charge in [-0.3, -0.25) is 19.6 Å². The SMILES string of the molecule is O=C(NCCc1ccncc1)C1CN(C(=O)c2ccncc2)CC12CCCCC2. The largest absolute Gasteiger partial charge is 0.355 e. The fourth-order valence-electron chi connectivity index (χ4n) is 4.93. The van der Waals surface area contributed by atoms with Crippen molar-refractivity contribution in [1.29, 1.82) is 0 Å². The Bertz CT molecular complexity index is 834. The number of carbonyl (C=O) groups is 2. The van der Waals surface area contributed by atoms with Crippen molar-refractivity contribution in [1.82, 2.24) is 20.2 Å². The van der Waals surface area contributed by atoms with Crippen molar-refractivity contribution in [3.8, 4) is 0 Å². The van der Waals surface area contributed by atoms with E-state index >= 15 is 0 Å². The number of rotatable bonds is 5. The third-order valence-corrected chi connectivity index (χ3v) is 6.49. The van der Waals surface area contributed by atoms with Crippen LogP contribution in [0.2, 0.25) is 0 Å². The molecule has 3 heterocycles. The van der Waals surface area contributed by atoms with Crippen LogP contribution in [0.1, 0.15) is 48.0 Å². The third kappa shape index (κ3) is 4.31. The number of hydrogen-bond donors (Lipinski definition) is 1. The summed E-state index contributed by atoms with van der Waals surface area (Å²) in [6.45, 7) is 1.78. The summed E-state index contributed by atoms with van der Waals surface area (Å²) in [6.07, 6.45) is 13.2. The summed E-state index contributed by atoms with van der Waals surface area (Å²) < 4.78 is 0. The third-order valence-electron chi connectivity index (χ3n) is 6.49. The zero-order valence-corrected chi connectivity index (χ0v) is 16.7. The molecule has 4 rings (SSSR count). The van der Waals surface area contributed by atoms with Gasteiger partial charge in [-0.2, -0.15) is 0 Å². The van der Waals surface area contributed by atoms with Crippen LogP contribution in [-0.4, -0.2) is 46.3 Å². The Balaban J connectivity index is 1.44. The van der Waals surface area contributed by atoms with E-state index in [-0.39, 0.29) is 23.1 Å². The number of hydrogen-bond acceptors (Lipinski definition) is 4. The molecule has 1 spiro atoms. The second kappa shape index (κ2) is 8.72. The number of carbonyl (C=O) groups excluding carboxylic acids is 2. The van der Waals surface area contributed by atoms with Crippen LogP contribution in [0.3, 0.4) is 0 Å². The lowest BCUT2D eigenvalue weighted by Crippen LogP contribution is -2.43.